The van der Waals surface area contributed by atoms with Crippen LogP contribution in [0.1, 0.15) is 31.9 Å². The van der Waals surface area contributed by atoms with Crippen molar-refractivity contribution in [2.75, 3.05) is 12.3 Å². The van der Waals surface area contributed by atoms with Crippen LogP contribution in [0.4, 0.5) is 0 Å². The first-order valence-electron chi connectivity index (χ1n) is 8.32. The molecule has 0 radical (unpaired) electrons. The summed E-state index contributed by atoms with van der Waals surface area (Å²) in [7, 11) is 0. The molecule has 0 unspecified atom stereocenters. The van der Waals surface area contributed by atoms with Crippen molar-refractivity contribution >= 4 is 17.7 Å². The van der Waals surface area contributed by atoms with Gasteiger partial charge in [0.1, 0.15) is 6.54 Å². The average molecular weight is 353 g/mol. The number of carbonyl (C=O) groups is 1. The van der Waals surface area contributed by atoms with E-state index in [4.69, 9.17) is 5.26 Å². The van der Waals surface area contributed by atoms with Crippen LogP contribution in [0, 0.1) is 11.3 Å². The minimum absolute atomic E-state index is 0.0182. The highest BCUT2D eigenvalue weighted by atomic mass is 32.2. The lowest BCUT2D eigenvalue weighted by molar-refractivity contribution is -0.128. The molecule has 1 amide bonds. The van der Waals surface area contributed by atoms with E-state index >= 15 is 0 Å². The molecule has 4 heteroatoms. The van der Waals surface area contributed by atoms with Gasteiger partial charge in [-0.05, 0) is 28.7 Å². The van der Waals surface area contributed by atoms with Gasteiger partial charge < -0.3 is 4.90 Å². The Labute approximate surface area is 154 Å². The number of rotatable bonds is 6. The zero-order valence-corrected chi connectivity index (χ0v) is 15.8. The summed E-state index contributed by atoms with van der Waals surface area (Å²) in [5.41, 5.74) is 2.43. The predicted octanol–water partition coefficient (Wildman–Crippen LogP) is 4.63. The first-order valence-corrected chi connectivity index (χ1v) is 9.30. The first kappa shape index (κ1) is 19.1. The summed E-state index contributed by atoms with van der Waals surface area (Å²) < 4.78 is 0. The van der Waals surface area contributed by atoms with E-state index in [1.165, 1.54) is 17.3 Å². The Morgan fingerprint density at radius 3 is 2.28 bits per heavy atom. The van der Waals surface area contributed by atoms with Crippen molar-refractivity contribution in [2.45, 2.75) is 37.6 Å². The fourth-order valence-electron chi connectivity index (χ4n) is 2.41. The number of hydrogen-bond donors (Lipinski definition) is 0. The largest absolute Gasteiger partial charge is 0.324 e. The Morgan fingerprint density at radius 1 is 1.08 bits per heavy atom. The predicted molar refractivity (Wildman–Crippen MR) is 103 cm³/mol. The molecule has 0 heterocycles. The van der Waals surface area contributed by atoms with E-state index in [2.05, 4.69) is 51.1 Å². The third-order valence-corrected chi connectivity index (χ3v) is 4.91. The van der Waals surface area contributed by atoms with Gasteiger partial charge in [-0.25, -0.2) is 0 Å². The fraction of sp³-hybridized carbons (Fsp3) is 0.333. The van der Waals surface area contributed by atoms with Crippen LogP contribution in [0.5, 0.6) is 0 Å². The molecular formula is C21H24N2OS. The lowest BCUT2D eigenvalue weighted by atomic mass is 9.87. The molecule has 0 atom stereocenters. The summed E-state index contributed by atoms with van der Waals surface area (Å²) in [6, 6.07) is 20.2. The highest BCUT2D eigenvalue weighted by Gasteiger charge is 2.15. The Morgan fingerprint density at radius 2 is 1.72 bits per heavy atom. The number of benzene rings is 2. The van der Waals surface area contributed by atoms with Crippen LogP contribution in [0.15, 0.2) is 59.5 Å². The second-order valence-electron chi connectivity index (χ2n) is 6.96. The maximum Gasteiger partial charge on any atom is 0.234 e. The van der Waals surface area contributed by atoms with E-state index in [9.17, 15) is 4.79 Å². The average Bonchev–Trinajstić information content (AvgIpc) is 2.60. The summed E-state index contributed by atoms with van der Waals surface area (Å²) in [6.45, 7) is 7.13. The molecule has 0 aliphatic heterocycles. The molecule has 0 spiro atoms. The summed E-state index contributed by atoms with van der Waals surface area (Å²) in [4.78, 5) is 15.2. The molecule has 0 N–H and O–H groups in total. The SMILES string of the molecule is CC(C)(C)c1ccc(SCC(=O)N(CC#N)Cc2ccccc2)cc1. The fourth-order valence-corrected chi connectivity index (χ4v) is 3.21. The molecule has 25 heavy (non-hydrogen) atoms. The molecule has 0 fully saturated rings. The summed E-state index contributed by atoms with van der Waals surface area (Å²) >= 11 is 1.51. The van der Waals surface area contributed by atoms with Crippen LogP contribution >= 0.6 is 11.8 Å². The molecule has 2 aromatic carbocycles. The molecule has 3 nitrogen and oxygen atoms in total. The van der Waals surface area contributed by atoms with Crippen LogP contribution in [0.25, 0.3) is 0 Å². The van der Waals surface area contributed by atoms with Gasteiger partial charge in [0.2, 0.25) is 5.91 Å². The zero-order valence-electron chi connectivity index (χ0n) is 15.0. The molecular weight excluding hydrogens is 328 g/mol. The number of thioether (sulfide) groups is 1. The molecule has 2 rings (SSSR count). The van der Waals surface area contributed by atoms with E-state index in [1.807, 2.05) is 30.3 Å². The summed E-state index contributed by atoms with van der Waals surface area (Å²) in [6.07, 6.45) is 0. The van der Waals surface area contributed by atoms with Gasteiger partial charge in [0.05, 0.1) is 11.8 Å². The third kappa shape index (κ3) is 5.95. The normalized spacial score (nSPS) is 11.0. The number of amides is 1. The van der Waals surface area contributed by atoms with Gasteiger partial charge in [0.25, 0.3) is 0 Å². The molecule has 0 aromatic heterocycles. The Bertz CT molecular complexity index is 727. The van der Waals surface area contributed by atoms with E-state index in [0.717, 1.165) is 10.5 Å². The Balaban J connectivity index is 1.95. The van der Waals surface area contributed by atoms with Gasteiger partial charge in [0, 0.05) is 11.4 Å². The second-order valence-corrected chi connectivity index (χ2v) is 8.01. The van der Waals surface area contributed by atoms with E-state index in [-0.39, 0.29) is 17.9 Å². The number of carbonyl (C=O) groups excluding carboxylic acids is 1. The van der Waals surface area contributed by atoms with Crippen molar-refractivity contribution in [3.8, 4) is 6.07 Å². The standard InChI is InChI=1S/C21H24N2OS/c1-21(2,3)18-9-11-19(12-10-18)25-16-20(24)23(14-13-22)15-17-7-5-4-6-8-17/h4-12H,14-16H2,1-3H3. The van der Waals surface area contributed by atoms with Gasteiger partial charge in [-0.3, -0.25) is 4.79 Å². The molecule has 2 aromatic rings. The minimum atomic E-state index is -0.0182. The second kappa shape index (κ2) is 8.73. The van der Waals surface area contributed by atoms with Gasteiger partial charge in [0.15, 0.2) is 0 Å². The van der Waals surface area contributed by atoms with Crippen molar-refractivity contribution < 1.29 is 4.79 Å². The number of hydrogen-bond acceptors (Lipinski definition) is 3. The Kier molecular flexibility index (Phi) is 6.66. The van der Waals surface area contributed by atoms with E-state index in [1.54, 1.807) is 4.90 Å². The van der Waals surface area contributed by atoms with Crippen molar-refractivity contribution in [1.82, 2.24) is 4.90 Å². The van der Waals surface area contributed by atoms with Crippen molar-refractivity contribution in [1.29, 1.82) is 5.26 Å². The van der Waals surface area contributed by atoms with Gasteiger partial charge in [-0.1, -0.05) is 63.2 Å². The Hall–Kier alpha value is -2.25. The molecule has 0 aliphatic carbocycles. The maximum atomic E-state index is 12.5. The van der Waals surface area contributed by atoms with Crippen LogP contribution in [-0.2, 0) is 16.8 Å². The van der Waals surface area contributed by atoms with Crippen molar-refractivity contribution in [3.05, 3.63) is 65.7 Å². The van der Waals surface area contributed by atoms with Gasteiger partial charge >= 0.3 is 0 Å². The van der Waals surface area contributed by atoms with E-state index < -0.39 is 0 Å². The molecule has 130 valence electrons. The van der Waals surface area contributed by atoms with Gasteiger partial charge in [-0.2, -0.15) is 5.26 Å². The topological polar surface area (TPSA) is 44.1 Å². The summed E-state index contributed by atoms with van der Waals surface area (Å²) in [5.74, 6) is 0.318. The minimum Gasteiger partial charge on any atom is -0.324 e. The van der Waals surface area contributed by atoms with E-state index in [0.29, 0.717) is 12.3 Å². The smallest absolute Gasteiger partial charge is 0.234 e. The highest BCUT2D eigenvalue weighted by Crippen LogP contribution is 2.25. The molecule has 0 saturated heterocycles. The highest BCUT2D eigenvalue weighted by molar-refractivity contribution is 8.00. The lowest BCUT2D eigenvalue weighted by Gasteiger charge is -2.20. The van der Waals surface area contributed by atoms with Crippen LogP contribution in [0.2, 0.25) is 0 Å². The zero-order chi connectivity index (χ0) is 18.3. The van der Waals surface area contributed by atoms with Crippen LogP contribution < -0.4 is 0 Å². The van der Waals surface area contributed by atoms with Crippen molar-refractivity contribution in [2.24, 2.45) is 0 Å². The van der Waals surface area contributed by atoms with Crippen LogP contribution in [-0.4, -0.2) is 23.1 Å². The number of nitrogens with zero attached hydrogens (tertiary/aromatic N) is 2. The maximum absolute atomic E-state index is 12.5. The first-order chi connectivity index (χ1) is 11.9. The van der Waals surface area contributed by atoms with Gasteiger partial charge in [-0.15, -0.1) is 11.8 Å². The van der Waals surface area contributed by atoms with Crippen LogP contribution in [0.3, 0.4) is 0 Å². The van der Waals surface area contributed by atoms with Crippen molar-refractivity contribution in [3.63, 3.8) is 0 Å². The molecule has 0 saturated carbocycles. The lowest BCUT2D eigenvalue weighted by Crippen LogP contribution is -2.32. The molecule has 0 aliphatic rings. The number of nitriles is 1. The monoisotopic (exact) mass is 352 g/mol. The quantitative estimate of drug-likeness (QED) is 0.562. The summed E-state index contributed by atoms with van der Waals surface area (Å²) in [5, 5.41) is 9.00. The third-order valence-electron chi connectivity index (χ3n) is 3.91. The molecule has 0 bridgehead atoms.